The summed E-state index contributed by atoms with van der Waals surface area (Å²) in [5, 5.41) is 6.53. The maximum Gasteiger partial charge on any atom is 0.289 e. The first-order chi connectivity index (χ1) is 13.6. The van der Waals surface area contributed by atoms with Crippen LogP contribution in [0, 0.1) is 6.92 Å². The standard InChI is InChI=1S/C19H26N6O3/c1-3-23-8-10-24(11-9-23)19(27)17-21-16(14-6-4-5-7-25(14)17)18(26)20-15-12-13(2)28-22-15/h12H,3-11H2,1-2H3,(H,20,22,26). The highest BCUT2D eigenvalue weighted by atomic mass is 16.5. The van der Waals surface area contributed by atoms with E-state index < -0.39 is 0 Å². The lowest BCUT2D eigenvalue weighted by atomic mass is 10.1. The number of nitrogens with zero attached hydrogens (tertiary/aromatic N) is 5. The number of carbonyl (C=O) groups is 2. The van der Waals surface area contributed by atoms with Crippen molar-refractivity contribution in [2.45, 2.75) is 39.7 Å². The van der Waals surface area contributed by atoms with Gasteiger partial charge in [-0.2, -0.15) is 0 Å². The van der Waals surface area contributed by atoms with Crippen LogP contribution in [0.15, 0.2) is 10.6 Å². The number of carbonyl (C=O) groups excluding carboxylic acids is 2. The summed E-state index contributed by atoms with van der Waals surface area (Å²) >= 11 is 0. The largest absolute Gasteiger partial charge is 0.360 e. The predicted octanol–water partition coefficient (Wildman–Crippen LogP) is 1.55. The molecule has 28 heavy (non-hydrogen) atoms. The van der Waals surface area contributed by atoms with E-state index in [0.29, 0.717) is 42.7 Å². The molecule has 0 atom stereocenters. The third kappa shape index (κ3) is 3.54. The van der Waals surface area contributed by atoms with Gasteiger partial charge in [-0.1, -0.05) is 12.1 Å². The first-order valence-corrected chi connectivity index (χ1v) is 9.92. The van der Waals surface area contributed by atoms with Crippen LogP contribution >= 0.6 is 0 Å². The van der Waals surface area contributed by atoms with Gasteiger partial charge in [0.15, 0.2) is 17.3 Å². The molecule has 2 aromatic heterocycles. The summed E-state index contributed by atoms with van der Waals surface area (Å²) in [6, 6.07) is 1.65. The highest BCUT2D eigenvalue weighted by Crippen LogP contribution is 2.23. The molecule has 0 aromatic carbocycles. The van der Waals surface area contributed by atoms with Crippen LogP contribution in [0.4, 0.5) is 5.82 Å². The quantitative estimate of drug-likeness (QED) is 0.856. The van der Waals surface area contributed by atoms with Crippen molar-refractivity contribution in [2.24, 2.45) is 0 Å². The molecule has 9 nitrogen and oxygen atoms in total. The molecule has 0 unspecified atom stereocenters. The van der Waals surface area contributed by atoms with Crippen LogP contribution in [0.5, 0.6) is 0 Å². The number of amides is 2. The summed E-state index contributed by atoms with van der Waals surface area (Å²) in [6.07, 6.45) is 2.71. The summed E-state index contributed by atoms with van der Waals surface area (Å²) in [5.74, 6) is 0.901. The minimum atomic E-state index is -0.353. The Morgan fingerprint density at radius 1 is 1.18 bits per heavy atom. The molecule has 0 aliphatic carbocycles. The molecule has 0 radical (unpaired) electrons. The van der Waals surface area contributed by atoms with Crippen LogP contribution in [0.25, 0.3) is 0 Å². The topological polar surface area (TPSA) is 96.5 Å². The zero-order valence-electron chi connectivity index (χ0n) is 16.4. The number of nitrogens with one attached hydrogen (secondary N) is 1. The van der Waals surface area contributed by atoms with Crippen molar-refractivity contribution >= 4 is 17.6 Å². The number of hydrogen-bond acceptors (Lipinski definition) is 6. The van der Waals surface area contributed by atoms with E-state index in [9.17, 15) is 9.59 Å². The molecule has 150 valence electrons. The van der Waals surface area contributed by atoms with Gasteiger partial charge in [0.2, 0.25) is 0 Å². The summed E-state index contributed by atoms with van der Waals surface area (Å²) in [4.78, 5) is 34.6. The molecular formula is C19H26N6O3. The molecule has 0 saturated carbocycles. The number of hydrogen-bond donors (Lipinski definition) is 1. The molecule has 4 rings (SSSR count). The summed E-state index contributed by atoms with van der Waals surface area (Å²) in [6.45, 7) is 8.72. The lowest BCUT2D eigenvalue weighted by molar-refractivity contribution is 0.0625. The smallest absolute Gasteiger partial charge is 0.289 e. The molecule has 2 aliphatic rings. The van der Waals surface area contributed by atoms with Gasteiger partial charge in [0.05, 0.1) is 5.69 Å². The van der Waals surface area contributed by atoms with Gasteiger partial charge in [0.1, 0.15) is 5.76 Å². The van der Waals surface area contributed by atoms with Crippen LogP contribution < -0.4 is 5.32 Å². The van der Waals surface area contributed by atoms with Crippen molar-refractivity contribution in [1.82, 2.24) is 24.5 Å². The fourth-order valence-corrected chi connectivity index (χ4v) is 3.90. The minimum Gasteiger partial charge on any atom is -0.360 e. The number of rotatable bonds is 4. The van der Waals surface area contributed by atoms with E-state index >= 15 is 0 Å². The van der Waals surface area contributed by atoms with Crippen LogP contribution in [0.3, 0.4) is 0 Å². The Balaban J connectivity index is 1.58. The van der Waals surface area contributed by atoms with Crippen molar-refractivity contribution in [3.8, 4) is 0 Å². The Kier molecular flexibility index (Phi) is 5.17. The third-order valence-corrected chi connectivity index (χ3v) is 5.50. The molecule has 2 aliphatic heterocycles. The molecule has 1 fully saturated rings. The van der Waals surface area contributed by atoms with E-state index in [1.165, 1.54) is 0 Å². The van der Waals surface area contributed by atoms with Crippen molar-refractivity contribution in [2.75, 3.05) is 38.0 Å². The van der Waals surface area contributed by atoms with Crippen LogP contribution in [0.2, 0.25) is 0 Å². The van der Waals surface area contributed by atoms with E-state index in [1.54, 1.807) is 13.0 Å². The zero-order valence-corrected chi connectivity index (χ0v) is 16.4. The number of likely N-dealkylation sites (N-methyl/N-ethyl adjacent to an activating group) is 1. The Bertz CT molecular complexity index is 878. The average molecular weight is 386 g/mol. The van der Waals surface area contributed by atoms with Gasteiger partial charge in [-0.3, -0.25) is 9.59 Å². The van der Waals surface area contributed by atoms with Crippen LogP contribution in [0.1, 0.15) is 52.3 Å². The predicted molar refractivity (Wildman–Crippen MR) is 102 cm³/mol. The first kappa shape index (κ1) is 18.7. The van der Waals surface area contributed by atoms with Crippen molar-refractivity contribution < 1.29 is 14.1 Å². The van der Waals surface area contributed by atoms with Gasteiger partial charge in [0.25, 0.3) is 11.8 Å². The van der Waals surface area contributed by atoms with Crippen molar-refractivity contribution in [3.05, 3.63) is 29.0 Å². The van der Waals surface area contributed by atoms with Crippen molar-refractivity contribution in [3.63, 3.8) is 0 Å². The lowest BCUT2D eigenvalue weighted by Gasteiger charge is -2.34. The van der Waals surface area contributed by atoms with E-state index in [2.05, 4.69) is 27.3 Å². The molecule has 0 bridgehead atoms. The minimum absolute atomic E-state index is 0.0877. The summed E-state index contributed by atoms with van der Waals surface area (Å²) in [7, 11) is 0. The maximum atomic E-state index is 13.1. The molecule has 9 heteroatoms. The number of aromatic nitrogens is 3. The van der Waals surface area contributed by atoms with Crippen molar-refractivity contribution in [1.29, 1.82) is 0 Å². The number of fused-ring (bicyclic) bond motifs is 1. The van der Waals surface area contributed by atoms with Gasteiger partial charge in [-0.25, -0.2) is 4.98 Å². The Morgan fingerprint density at radius 3 is 2.64 bits per heavy atom. The highest BCUT2D eigenvalue weighted by molar-refractivity contribution is 6.04. The highest BCUT2D eigenvalue weighted by Gasteiger charge is 2.31. The first-order valence-electron chi connectivity index (χ1n) is 9.92. The molecule has 1 saturated heterocycles. The molecule has 0 spiro atoms. The van der Waals surface area contributed by atoms with Gasteiger partial charge in [-0.05, 0) is 32.7 Å². The second kappa shape index (κ2) is 7.75. The second-order valence-electron chi connectivity index (χ2n) is 7.34. The van der Waals surface area contributed by atoms with Gasteiger partial charge in [0, 0.05) is 38.8 Å². The second-order valence-corrected chi connectivity index (χ2v) is 7.34. The summed E-state index contributed by atoms with van der Waals surface area (Å²) in [5.41, 5.74) is 1.15. The number of piperazine rings is 1. The van der Waals surface area contributed by atoms with Gasteiger partial charge in [-0.15, -0.1) is 0 Å². The van der Waals surface area contributed by atoms with E-state index in [1.807, 2.05) is 9.47 Å². The van der Waals surface area contributed by atoms with Crippen LogP contribution in [-0.2, 0) is 13.0 Å². The van der Waals surface area contributed by atoms with Crippen LogP contribution in [-0.4, -0.2) is 69.0 Å². The van der Waals surface area contributed by atoms with E-state index in [-0.39, 0.29) is 11.8 Å². The normalized spacial score (nSPS) is 17.4. The number of anilines is 1. The SMILES string of the molecule is CCN1CCN(C(=O)c2nc(C(=O)Nc3cc(C)on3)c3n2CCCC3)CC1. The maximum absolute atomic E-state index is 13.1. The molecule has 1 N–H and O–H groups in total. The third-order valence-electron chi connectivity index (χ3n) is 5.50. The molecular weight excluding hydrogens is 360 g/mol. The average Bonchev–Trinajstić information content (AvgIpc) is 3.31. The Morgan fingerprint density at radius 2 is 1.96 bits per heavy atom. The fourth-order valence-electron chi connectivity index (χ4n) is 3.90. The Hall–Kier alpha value is -2.68. The molecule has 4 heterocycles. The van der Waals surface area contributed by atoms with Gasteiger partial charge >= 0.3 is 0 Å². The fraction of sp³-hybridized carbons (Fsp3) is 0.579. The van der Waals surface area contributed by atoms with E-state index in [0.717, 1.165) is 44.6 Å². The number of imidazole rings is 1. The monoisotopic (exact) mass is 386 g/mol. The number of aryl methyl sites for hydroxylation is 1. The molecule has 2 amide bonds. The zero-order chi connectivity index (χ0) is 19.7. The van der Waals surface area contributed by atoms with E-state index in [4.69, 9.17) is 4.52 Å². The Labute approximate surface area is 163 Å². The lowest BCUT2D eigenvalue weighted by Crippen LogP contribution is -2.49. The molecule has 2 aromatic rings. The summed E-state index contributed by atoms with van der Waals surface area (Å²) < 4.78 is 6.93. The van der Waals surface area contributed by atoms with Gasteiger partial charge < -0.3 is 24.2 Å².